The van der Waals surface area contributed by atoms with Crippen LogP contribution >= 0.6 is 11.3 Å². The molecule has 1 aromatic heterocycles. The van der Waals surface area contributed by atoms with Gasteiger partial charge in [0.1, 0.15) is 12.3 Å². The lowest BCUT2D eigenvalue weighted by molar-refractivity contribution is -0.497. The smallest absolute Gasteiger partial charge is 0.338 e. The van der Waals surface area contributed by atoms with E-state index in [2.05, 4.69) is 4.99 Å². The Kier molecular flexibility index (Phi) is 8.97. The first kappa shape index (κ1) is 29.0. The fourth-order valence-electron chi connectivity index (χ4n) is 4.75. The van der Waals surface area contributed by atoms with Gasteiger partial charge in [-0.05, 0) is 79.9 Å². The van der Waals surface area contributed by atoms with Gasteiger partial charge in [-0.3, -0.25) is 9.36 Å². The Morgan fingerprint density at radius 1 is 1.02 bits per heavy atom. The highest BCUT2D eigenvalue weighted by molar-refractivity contribution is 7.07. The zero-order chi connectivity index (χ0) is 29.6. The maximum Gasteiger partial charge on any atom is 0.338 e. The number of hydrogen-bond acceptors (Lipinski definition) is 8. The van der Waals surface area contributed by atoms with Crippen LogP contribution in [0.4, 0.5) is 5.69 Å². The van der Waals surface area contributed by atoms with Gasteiger partial charge < -0.3 is 24.9 Å². The van der Waals surface area contributed by atoms with Crippen LogP contribution in [0, 0.1) is 5.21 Å². The first-order valence-electron chi connectivity index (χ1n) is 13.6. The van der Waals surface area contributed by atoms with E-state index in [0.717, 1.165) is 22.2 Å². The summed E-state index contributed by atoms with van der Waals surface area (Å²) < 4.78 is 19.3. The molecule has 0 fully saturated rings. The number of fused-ring (bicyclic) bond motifs is 1. The van der Waals surface area contributed by atoms with Gasteiger partial charge in [0.15, 0.2) is 16.3 Å². The predicted octanol–water partition coefficient (Wildman–Crippen LogP) is 3.47. The molecule has 0 radical (unpaired) electrons. The first-order valence-corrected chi connectivity index (χ1v) is 14.4. The van der Waals surface area contributed by atoms with Crippen LogP contribution in [0.15, 0.2) is 93.9 Å². The van der Waals surface area contributed by atoms with Gasteiger partial charge in [0.05, 0.1) is 35.1 Å². The molecule has 0 saturated carbocycles. The number of rotatable bonds is 10. The molecule has 10 heteroatoms. The van der Waals surface area contributed by atoms with Gasteiger partial charge in [-0.25, -0.2) is 9.79 Å². The molecule has 4 aromatic rings. The lowest BCUT2D eigenvalue weighted by Gasteiger charge is -2.24. The Labute approximate surface area is 246 Å². The number of nitrogens with two attached hydrogens (primary N) is 1. The van der Waals surface area contributed by atoms with Crippen molar-refractivity contribution in [3.8, 4) is 11.5 Å². The summed E-state index contributed by atoms with van der Waals surface area (Å²) in [5.41, 5.74) is 4.49. The van der Waals surface area contributed by atoms with Crippen LogP contribution in [0.25, 0.3) is 6.08 Å². The minimum atomic E-state index is -0.654. The van der Waals surface area contributed by atoms with Crippen LogP contribution < -0.4 is 29.8 Å². The van der Waals surface area contributed by atoms with Crippen molar-refractivity contribution in [2.75, 3.05) is 13.2 Å². The highest BCUT2D eigenvalue weighted by atomic mass is 32.1. The average Bonchev–Trinajstić information content (AvgIpc) is 3.30. The molecule has 0 aliphatic carbocycles. The predicted molar refractivity (Wildman–Crippen MR) is 160 cm³/mol. The van der Waals surface area contributed by atoms with E-state index in [0.29, 0.717) is 51.0 Å². The lowest BCUT2D eigenvalue weighted by atomic mass is 9.96. The zero-order valence-electron chi connectivity index (χ0n) is 23.5. The van der Waals surface area contributed by atoms with Crippen molar-refractivity contribution in [2.24, 2.45) is 4.99 Å². The highest BCUT2D eigenvalue weighted by Gasteiger charge is 2.33. The SMILES string of the molecule is CCOC(=O)C1=C(C)N=c2s/c(=C\c3ccc(OCc4ccc([NH2+][O-])cc4)c(OCC)c3)c(=O)n2C1c1ccccc1. The summed E-state index contributed by atoms with van der Waals surface area (Å²) in [5.74, 6) is 0.623. The molecule has 42 heavy (non-hydrogen) atoms. The summed E-state index contributed by atoms with van der Waals surface area (Å²) in [5, 5.41) is 10.9. The number of aromatic nitrogens is 1. The Balaban J connectivity index is 1.51. The fraction of sp³-hybridized carbons (Fsp3) is 0.219. The van der Waals surface area contributed by atoms with Crippen LogP contribution in [0.1, 0.15) is 43.5 Å². The van der Waals surface area contributed by atoms with E-state index in [4.69, 9.17) is 14.2 Å². The van der Waals surface area contributed by atoms with Gasteiger partial charge >= 0.3 is 5.97 Å². The number of benzene rings is 3. The van der Waals surface area contributed by atoms with E-state index < -0.39 is 12.0 Å². The monoisotopic (exact) mass is 585 g/mol. The Hall–Kier alpha value is -4.51. The molecule has 2 N–H and O–H groups in total. The van der Waals surface area contributed by atoms with E-state index in [9.17, 15) is 14.8 Å². The third kappa shape index (κ3) is 6.06. The van der Waals surface area contributed by atoms with Crippen molar-refractivity contribution < 1.29 is 24.5 Å². The van der Waals surface area contributed by atoms with E-state index in [1.54, 1.807) is 36.6 Å². The van der Waals surface area contributed by atoms with E-state index in [1.807, 2.05) is 67.6 Å². The van der Waals surface area contributed by atoms with Crippen molar-refractivity contribution in [2.45, 2.75) is 33.4 Å². The number of quaternary nitrogens is 1. The number of thiazole rings is 1. The Bertz CT molecular complexity index is 1790. The standard InChI is InChI=1S/C32H31N3O6S/c1-4-39-26-17-22(13-16-25(26)41-19-21-11-14-24(34-38)15-12-21)18-27-30(36)35-29(23-9-7-6-8-10-23)28(31(37)40-5-2)20(3)33-32(35)42-27/h6-18,29H,4-5,19,34H2,1-3H3/b27-18-. The molecule has 0 bridgehead atoms. The van der Waals surface area contributed by atoms with Crippen molar-refractivity contribution in [3.63, 3.8) is 0 Å². The molecular weight excluding hydrogens is 554 g/mol. The maximum absolute atomic E-state index is 13.8. The molecule has 1 unspecified atom stereocenters. The van der Waals surface area contributed by atoms with Gasteiger partial charge in [0.2, 0.25) is 0 Å². The van der Waals surface area contributed by atoms with E-state index in [-0.39, 0.29) is 12.2 Å². The van der Waals surface area contributed by atoms with Crippen LogP contribution in [-0.4, -0.2) is 23.8 Å². The van der Waals surface area contributed by atoms with Crippen LogP contribution in [0.3, 0.4) is 0 Å². The summed E-state index contributed by atoms with van der Waals surface area (Å²) in [4.78, 5) is 32.0. The summed E-state index contributed by atoms with van der Waals surface area (Å²) in [6.07, 6.45) is 1.79. The highest BCUT2D eigenvalue weighted by Crippen LogP contribution is 2.31. The summed E-state index contributed by atoms with van der Waals surface area (Å²) in [6, 6.07) is 21.4. The van der Waals surface area contributed by atoms with Crippen molar-refractivity contribution >= 4 is 29.1 Å². The summed E-state index contributed by atoms with van der Waals surface area (Å²) >= 11 is 1.27. The fourth-order valence-corrected chi connectivity index (χ4v) is 5.80. The minimum absolute atomic E-state index is 0.218. The Morgan fingerprint density at radius 2 is 1.79 bits per heavy atom. The van der Waals surface area contributed by atoms with Crippen molar-refractivity contribution in [1.29, 1.82) is 0 Å². The number of allylic oxidation sites excluding steroid dienone is 1. The van der Waals surface area contributed by atoms with Crippen LogP contribution in [-0.2, 0) is 16.1 Å². The lowest BCUT2D eigenvalue weighted by Crippen LogP contribution is -2.70. The number of carbonyl (C=O) groups is 1. The van der Waals surface area contributed by atoms with Gasteiger partial charge in [-0.15, -0.1) is 0 Å². The van der Waals surface area contributed by atoms with Crippen LogP contribution in [0.5, 0.6) is 11.5 Å². The second-order valence-electron chi connectivity index (χ2n) is 9.50. The number of esters is 1. The molecule has 0 amide bonds. The number of carbonyl (C=O) groups excluding carboxylic acids is 1. The van der Waals surface area contributed by atoms with Gasteiger partial charge in [-0.2, -0.15) is 0 Å². The molecule has 5 rings (SSSR count). The zero-order valence-corrected chi connectivity index (χ0v) is 24.4. The van der Waals surface area contributed by atoms with E-state index in [1.165, 1.54) is 11.3 Å². The summed E-state index contributed by atoms with van der Waals surface area (Å²) in [7, 11) is 0. The third-order valence-corrected chi connectivity index (χ3v) is 7.69. The van der Waals surface area contributed by atoms with Gasteiger partial charge in [0, 0.05) is 0 Å². The topological polar surface area (TPSA) is 119 Å². The molecule has 216 valence electrons. The normalized spacial score (nSPS) is 14.8. The molecular formula is C32H31N3O6S. The van der Waals surface area contributed by atoms with Gasteiger partial charge in [0.25, 0.3) is 5.56 Å². The number of hydrogen-bond donors (Lipinski definition) is 1. The molecule has 9 nitrogen and oxygen atoms in total. The molecule has 2 heterocycles. The Morgan fingerprint density at radius 3 is 2.48 bits per heavy atom. The average molecular weight is 586 g/mol. The molecule has 3 aromatic carbocycles. The number of nitrogens with zero attached hydrogens (tertiary/aromatic N) is 2. The van der Waals surface area contributed by atoms with E-state index >= 15 is 0 Å². The second kappa shape index (κ2) is 13.0. The number of ether oxygens (including phenoxy) is 3. The molecule has 0 spiro atoms. The largest absolute Gasteiger partial charge is 0.630 e. The summed E-state index contributed by atoms with van der Waals surface area (Å²) in [6.45, 7) is 6.36. The molecule has 1 aliphatic heterocycles. The van der Waals surface area contributed by atoms with Crippen LogP contribution in [0.2, 0.25) is 0 Å². The maximum atomic E-state index is 13.8. The molecule has 1 aliphatic rings. The quantitative estimate of drug-likeness (QED) is 0.173. The van der Waals surface area contributed by atoms with Crippen molar-refractivity contribution in [3.05, 3.63) is 126 Å². The third-order valence-electron chi connectivity index (χ3n) is 6.71. The molecule has 0 saturated heterocycles. The molecule has 1 atom stereocenters. The van der Waals surface area contributed by atoms with Crippen molar-refractivity contribution in [1.82, 2.24) is 4.57 Å². The minimum Gasteiger partial charge on any atom is -0.630 e. The van der Waals surface area contributed by atoms with Gasteiger partial charge in [-0.1, -0.05) is 47.7 Å². The second-order valence-corrected chi connectivity index (χ2v) is 10.5. The first-order chi connectivity index (χ1) is 20.4.